The molecule has 1 aromatic rings. The lowest BCUT2D eigenvalue weighted by atomic mass is 9.92. The van der Waals surface area contributed by atoms with E-state index < -0.39 is 0 Å². The van der Waals surface area contributed by atoms with E-state index in [0.717, 1.165) is 19.6 Å². The minimum atomic E-state index is 0.288. The molecule has 2 rings (SSSR count). The highest BCUT2D eigenvalue weighted by atomic mass is 32.1. The van der Waals surface area contributed by atoms with E-state index in [9.17, 15) is 0 Å². The molecule has 0 saturated carbocycles. The molecule has 1 N–H and O–H groups in total. The lowest BCUT2D eigenvalue weighted by molar-refractivity contribution is 0.151. The molecule has 3 nitrogen and oxygen atoms in total. The predicted molar refractivity (Wildman–Crippen MR) is 82.7 cm³/mol. The Morgan fingerprint density at radius 1 is 1.47 bits per heavy atom. The van der Waals surface area contributed by atoms with E-state index in [1.54, 1.807) is 11.3 Å². The molecule has 1 unspecified atom stereocenters. The fourth-order valence-electron chi connectivity index (χ4n) is 2.95. The summed E-state index contributed by atoms with van der Waals surface area (Å²) in [4.78, 5) is 7.24. The van der Waals surface area contributed by atoms with Crippen LogP contribution in [0.25, 0.3) is 0 Å². The van der Waals surface area contributed by atoms with Gasteiger partial charge in [-0.05, 0) is 39.7 Å². The summed E-state index contributed by atoms with van der Waals surface area (Å²) < 4.78 is 0. The molecular weight excluding hydrogens is 254 g/mol. The van der Waals surface area contributed by atoms with E-state index in [2.05, 4.69) is 48.3 Å². The topological polar surface area (TPSA) is 28.2 Å². The number of aryl methyl sites for hydroxylation is 1. The molecule has 0 radical (unpaired) electrons. The number of aromatic nitrogens is 1. The Kier molecular flexibility index (Phi) is 4.98. The molecule has 4 heteroatoms. The van der Waals surface area contributed by atoms with Crippen LogP contribution in [0.1, 0.15) is 50.7 Å². The molecular formula is C15H27N3S. The number of hydrogen-bond donors (Lipinski definition) is 1. The van der Waals surface area contributed by atoms with Crippen molar-refractivity contribution in [3.8, 4) is 0 Å². The van der Waals surface area contributed by atoms with Crippen LogP contribution in [0.3, 0.4) is 0 Å². The monoisotopic (exact) mass is 281 g/mol. The van der Waals surface area contributed by atoms with Crippen LogP contribution in [-0.2, 0) is 6.54 Å². The van der Waals surface area contributed by atoms with Crippen LogP contribution in [0.4, 0.5) is 0 Å². The van der Waals surface area contributed by atoms with Crippen molar-refractivity contribution in [2.75, 3.05) is 13.1 Å². The van der Waals surface area contributed by atoms with Gasteiger partial charge in [-0.15, -0.1) is 11.3 Å². The summed E-state index contributed by atoms with van der Waals surface area (Å²) in [5, 5.41) is 7.17. The van der Waals surface area contributed by atoms with Crippen LogP contribution in [0.5, 0.6) is 0 Å². The second kappa shape index (κ2) is 6.33. The van der Waals surface area contributed by atoms with E-state index in [4.69, 9.17) is 0 Å². The predicted octanol–water partition coefficient (Wildman–Crippen LogP) is 3.19. The zero-order chi connectivity index (χ0) is 13.9. The van der Waals surface area contributed by atoms with Crippen molar-refractivity contribution >= 4 is 11.3 Å². The molecule has 1 aromatic heterocycles. The van der Waals surface area contributed by atoms with E-state index in [1.165, 1.54) is 30.0 Å². The first-order valence-electron chi connectivity index (χ1n) is 7.48. The Morgan fingerprint density at radius 2 is 2.21 bits per heavy atom. The zero-order valence-electron chi connectivity index (χ0n) is 12.7. The maximum absolute atomic E-state index is 4.63. The van der Waals surface area contributed by atoms with Crippen molar-refractivity contribution < 1.29 is 0 Å². The lowest BCUT2D eigenvalue weighted by Gasteiger charge is -2.36. The van der Waals surface area contributed by atoms with Crippen LogP contribution < -0.4 is 5.32 Å². The van der Waals surface area contributed by atoms with E-state index >= 15 is 0 Å². The van der Waals surface area contributed by atoms with Gasteiger partial charge in [-0.1, -0.05) is 13.8 Å². The Bertz CT molecular complexity index is 398. The van der Waals surface area contributed by atoms with Gasteiger partial charge in [0, 0.05) is 30.1 Å². The average Bonchev–Trinajstić information content (AvgIpc) is 2.74. The van der Waals surface area contributed by atoms with Gasteiger partial charge < -0.3 is 5.32 Å². The fourth-order valence-corrected chi connectivity index (χ4v) is 3.56. The van der Waals surface area contributed by atoms with Gasteiger partial charge in [-0.3, -0.25) is 4.90 Å². The molecule has 0 aromatic carbocycles. The molecule has 108 valence electrons. The van der Waals surface area contributed by atoms with Crippen molar-refractivity contribution in [1.29, 1.82) is 0 Å². The highest BCUT2D eigenvalue weighted by Crippen LogP contribution is 2.24. The molecule has 1 aliphatic rings. The van der Waals surface area contributed by atoms with Gasteiger partial charge in [0.05, 0.1) is 10.7 Å². The summed E-state index contributed by atoms with van der Waals surface area (Å²) >= 11 is 1.76. The van der Waals surface area contributed by atoms with Crippen molar-refractivity contribution in [3.63, 3.8) is 0 Å². The van der Waals surface area contributed by atoms with Gasteiger partial charge in [-0.2, -0.15) is 0 Å². The number of nitrogens with one attached hydrogen (secondary N) is 1. The first kappa shape index (κ1) is 14.9. The summed E-state index contributed by atoms with van der Waals surface area (Å²) in [6.07, 6.45) is 3.62. The smallest absolute Gasteiger partial charge is 0.0897 e. The van der Waals surface area contributed by atoms with Gasteiger partial charge in [0.1, 0.15) is 0 Å². The molecule has 1 aliphatic heterocycles. The van der Waals surface area contributed by atoms with Gasteiger partial charge in [-0.25, -0.2) is 4.98 Å². The van der Waals surface area contributed by atoms with Gasteiger partial charge in [0.15, 0.2) is 0 Å². The maximum Gasteiger partial charge on any atom is 0.0897 e. The molecule has 0 aliphatic carbocycles. The third kappa shape index (κ3) is 3.56. The highest BCUT2D eigenvalue weighted by molar-refractivity contribution is 7.09. The molecule has 0 amide bonds. The van der Waals surface area contributed by atoms with E-state index in [0.29, 0.717) is 6.04 Å². The standard InChI is InChI=1S/C15H27N3S/c1-5-15(6-2)11-18(12(3)7-8-16-15)9-14-10-19-13(4)17-14/h10,12,16H,5-9,11H2,1-4H3. The van der Waals surface area contributed by atoms with Crippen molar-refractivity contribution in [3.05, 3.63) is 16.1 Å². The van der Waals surface area contributed by atoms with Gasteiger partial charge in [0.2, 0.25) is 0 Å². The van der Waals surface area contributed by atoms with Crippen molar-refractivity contribution in [1.82, 2.24) is 15.2 Å². The second-order valence-electron chi connectivity index (χ2n) is 5.81. The molecule has 0 bridgehead atoms. The summed E-state index contributed by atoms with van der Waals surface area (Å²) in [6, 6.07) is 0.634. The Morgan fingerprint density at radius 3 is 2.79 bits per heavy atom. The lowest BCUT2D eigenvalue weighted by Crippen LogP contribution is -2.51. The van der Waals surface area contributed by atoms with Crippen LogP contribution >= 0.6 is 11.3 Å². The number of thiazole rings is 1. The average molecular weight is 281 g/mol. The Labute approximate surface area is 121 Å². The third-order valence-electron chi connectivity index (χ3n) is 4.58. The first-order valence-corrected chi connectivity index (χ1v) is 8.36. The molecule has 0 spiro atoms. The van der Waals surface area contributed by atoms with Crippen LogP contribution in [0.2, 0.25) is 0 Å². The summed E-state index contributed by atoms with van der Waals surface area (Å²) in [5.41, 5.74) is 1.52. The van der Waals surface area contributed by atoms with Gasteiger partial charge in [0.25, 0.3) is 0 Å². The Hall–Kier alpha value is -0.450. The number of nitrogens with zero attached hydrogens (tertiary/aromatic N) is 2. The highest BCUT2D eigenvalue weighted by Gasteiger charge is 2.32. The van der Waals surface area contributed by atoms with E-state index in [1.807, 2.05) is 0 Å². The quantitative estimate of drug-likeness (QED) is 0.918. The van der Waals surface area contributed by atoms with Crippen LogP contribution in [-0.4, -0.2) is 34.6 Å². The number of rotatable bonds is 4. The van der Waals surface area contributed by atoms with Crippen molar-refractivity contribution in [2.24, 2.45) is 0 Å². The zero-order valence-corrected chi connectivity index (χ0v) is 13.5. The first-order chi connectivity index (χ1) is 9.08. The largest absolute Gasteiger partial charge is 0.310 e. The molecule has 1 saturated heterocycles. The summed E-state index contributed by atoms with van der Waals surface area (Å²) in [6.45, 7) is 12.3. The van der Waals surface area contributed by atoms with Crippen LogP contribution in [0, 0.1) is 6.92 Å². The summed E-state index contributed by atoms with van der Waals surface area (Å²) in [5.74, 6) is 0. The number of hydrogen-bond acceptors (Lipinski definition) is 4. The van der Waals surface area contributed by atoms with Gasteiger partial charge >= 0.3 is 0 Å². The SMILES string of the molecule is CCC1(CC)CN(Cc2csc(C)n2)C(C)CCN1. The Balaban J connectivity index is 2.11. The molecule has 1 atom stereocenters. The maximum atomic E-state index is 4.63. The van der Waals surface area contributed by atoms with Crippen LogP contribution in [0.15, 0.2) is 5.38 Å². The minimum absolute atomic E-state index is 0.288. The molecule has 1 fully saturated rings. The molecule has 19 heavy (non-hydrogen) atoms. The normalized spacial score (nSPS) is 24.3. The van der Waals surface area contributed by atoms with E-state index in [-0.39, 0.29) is 5.54 Å². The minimum Gasteiger partial charge on any atom is -0.310 e. The molecule has 2 heterocycles. The van der Waals surface area contributed by atoms with Crippen molar-refractivity contribution in [2.45, 2.75) is 65.1 Å². The fraction of sp³-hybridized carbons (Fsp3) is 0.800. The summed E-state index contributed by atoms with van der Waals surface area (Å²) in [7, 11) is 0. The third-order valence-corrected chi connectivity index (χ3v) is 5.40. The second-order valence-corrected chi connectivity index (χ2v) is 6.88.